The maximum absolute atomic E-state index is 14.0. The molecule has 1 aliphatic carbocycles. The summed E-state index contributed by atoms with van der Waals surface area (Å²) in [5.74, 6) is -0.542. The fourth-order valence-corrected chi connectivity index (χ4v) is 9.43. The SMILES string of the molecule is Cc1ncoc1-c1ccc(CNC(=O)[C@@H]2C[C@@H](O)CN2C(=O)[C@@H](NC(=O)COCCCCOc2ccc(C(=O)N[C@H]3C(C)(C)[C@H](Oc4ccc(C#N)c(C(F)(F)F)c4)C3(C)C)cc2)C(C)(C)C)cc1. The maximum atomic E-state index is 14.0. The topological polar surface area (TPSA) is 205 Å². The molecule has 3 aromatic carbocycles. The smallest absolute Gasteiger partial charge is 0.417 e. The van der Waals surface area contributed by atoms with Crippen LogP contribution in [0.2, 0.25) is 0 Å². The number of nitriles is 1. The van der Waals surface area contributed by atoms with Gasteiger partial charge < -0.3 is 44.6 Å². The van der Waals surface area contributed by atoms with E-state index in [0.29, 0.717) is 36.5 Å². The summed E-state index contributed by atoms with van der Waals surface area (Å²) in [6.07, 6.45) is -3.58. The predicted molar refractivity (Wildman–Crippen MR) is 247 cm³/mol. The Morgan fingerprint density at radius 1 is 0.957 bits per heavy atom. The van der Waals surface area contributed by atoms with Gasteiger partial charge in [-0.3, -0.25) is 19.2 Å². The number of aryl methyl sites for hydroxylation is 1. The zero-order valence-electron chi connectivity index (χ0n) is 40.2. The maximum Gasteiger partial charge on any atom is 0.417 e. The van der Waals surface area contributed by atoms with Gasteiger partial charge in [-0.1, -0.05) is 72.7 Å². The number of alkyl halides is 3. The van der Waals surface area contributed by atoms with E-state index >= 15 is 0 Å². The van der Waals surface area contributed by atoms with Gasteiger partial charge in [-0.05, 0) is 73.2 Å². The average Bonchev–Trinajstić information content (AvgIpc) is 3.92. The van der Waals surface area contributed by atoms with Crippen molar-refractivity contribution in [2.75, 3.05) is 26.4 Å². The van der Waals surface area contributed by atoms with Crippen molar-refractivity contribution in [1.82, 2.24) is 25.8 Å². The number of rotatable bonds is 18. The molecule has 1 aliphatic heterocycles. The molecule has 1 aromatic heterocycles. The molecule has 1 saturated carbocycles. The van der Waals surface area contributed by atoms with Crippen molar-refractivity contribution in [3.63, 3.8) is 0 Å². The molecule has 18 heteroatoms. The van der Waals surface area contributed by atoms with E-state index in [2.05, 4.69) is 20.9 Å². The number of hydrogen-bond acceptors (Lipinski definition) is 11. The molecule has 2 aliphatic rings. The Hall–Kier alpha value is -6.45. The third kappa shape index (κ3) is 12.2. The van der Waals surface area contributed by atoms with Crippen LogP contribution >= 0.6 is 0 Å². The standard InChI is InChI=1S/C51H61F3N6O9/c1-30-41(68-29-57-30)32-13-11-31(12-14-32)26-56-44(64)39-23-35(61)27-60(39)45(65)42(48(2,3)4)58-40(62)28-66-21-9-10-22-67-36-18-15-33(16-19-36)43(63)59-46-49(5,6)47(50(46,7)8)69-37-20-17-34(25-55)38(24-37)51(52,53)54/h11-20,24,29,35,39,42,46-47,61H,9-10,21-23,26-28H2,1-8H3,(H,56,64)(H,58,62)(H,59,63)/t35-,39+,42-,46-,47-/m1/s1. The molecule has 4 amide bonds. The third-order valence-electron chi connectivity index (χ3n) is 12.8. The van der Waals surface area contributed by atoms with Crippen LogP contribution in [0, 0.1) is 34.5 Å². The quantitative estimate of drug-likeness (QED) is 0.0738. The van der Waals surface area contributed by atoms with Crippen LogP contribution in [-0.4, -0.2) is 95.3 Å². The van der Waals surface area contributed by atoms with E-state index in [1.807, 2.05) is 58.9 Å². The number of likely N-dealkylation sites (tertiary alicyclic amines) is 1. The molecule has 6 rings (SSSR count). The molecule has 0 radical (unpaired) electrons. The molecule has 2 heterocycles. The Labute approximate surface area is 400 Å². The normalized spacial score (nSPS) is 20.0. The lowest BCUT2D eigenvalue weighted by atomic mass is 9.49. The number of amides is 4. The number of halogens is 3. The number of ether oxygens (including phenoxy) is 3. The minimum atomic E-state index is -4.72. The zero-order valence-corrected chi connectivity index (χ0v) is 40.2. The average molecular weight is 959 g/mol. The molecular weight excluding hydrogens is 898 g/mol. The monoisotopic (exact) mass is 958 g/mol. The second-order valence-corrected chi connectivity index (χ2v) is 19.9. The summed E-state index contributed by atoms with van der Waals surface area (Å²) in [4.78, 5) is 59.2. The lowest BCUT2D eigenvalue weighted by molar-refractivity contribution is -0.164. The number of nitrogens with one attached hydrogen (secondary N) is 3. The number of hydrogen-bond donors (Lipinski definition) is 4. The van der Waals surface area contributed by atoms with Gasteiger partial charge in [-0.2, -0.15) is 18.4 Å². The first-order valence-corrected chi connectivity index (χ1v) is 22.9. The number of aromatic nitrogens is 1. The largest absolute Gasteiger partial charge is 0.494 e. The number of nitrogens with zero attached hydrogens (tertiary/aromatic N) is 3. The zero-order chi connectivity index (χ0) is 50.5. The molecule has 4 aromatic rings. The highest BCUT2D eigenvalue weighted by atomic mass is 19.4. The van der Waals surface area contributed by atoms with Crippen molar-refractivity contribution < 1.29 is 56.1 Å². The Morgan fingerprint density at radius 2 is 1.61 bits per heavy atom. The number of carbonyl (C=O) groups is 4. The summed E-state index contributed by atoms with van der Waals surface area (Å²) in [5, 5.41) is 28.4. The minimum Gasteiger partial charge on any atom is -0.494 e. The molecule has 0 unspecified atom stereocenters. The van der Waals surface area contributed by atoms with Crippen LogP contribution in [0.3, 0.4) is 0 Å². The van der Waals surface area contributed by atoms with Gasteiger partial charge in [0.1, 0.15) is 36.3 Å². The second kappa shape index (κ2) is 21.0. The third-order valence-corrected chi connectivity index (χ3v) is 12.8. The van der Waals surface area contributed by atoms with Gasteiger partial charge in [-0.15, -0.1) is 0 Å². The van der Waals surface area contributed by atoms with Crippen molar-refractivity contribution in [3.05, 3.63) is 101 Å². The fourth-order valence-electron chi connectivity index (χ4n) is 9.43. The first-order valence-electron chi connectivity index (χ1n) is 22.9. The Bertz CT molecular complexity index is 2500. The van der Waals surface area contributed by atoms with Gasteiger partial charge in [0.15, 0.2) is 12.2 Å². The molecule has 15 nitrogen and oxygen atoms in total. The number of β-amino-alcohol motifs (C(OH)–C–C–N with tert-alkyl or cyclic N) is 1. The van der Waals surface area contributed by atoms with Gasteiger partial charge in [0, 0.05) is 54.1 Å². The first-order chi connectivity index (χ1) is 32.4. The molecule has 0 bridgehead atoms. The number of aliphatic hydroxyl groups excluding tert-OH is 1. The number of aliphatic hydroxyl groups is 1. The van der Waals surface area contributed by atoms with Crippen LogP contribution in [0.15, 0.2) is 77.5 Å². The lowest BCUT2D eigenvalue weighted by Crippen LogP contribution is -2.74. The van der Waals surface area contributed by atoms with E-state index < -0.39 is 75.6 Å². The number of carbonyl (C=O) groups excluding carboxylic acids is 4. The van der Waals surface area contributed by atoms with E-state index in [1.165, 1.54) is 17.4 Å². The van der Waals surface area contributed by atoms with Gasteiger partial charge in [-0.25, -0.2) is 4.98 Å². The summed E-state index contributed by atoms with van der Waals surface area (Å²) in [5.41, 5.74) is -0.783. The molecule has 0 spiro atoms. The molecule has 3 atom stereocenters. The van der Waals surface area contributed by atoms with E-state index in [9.17, 15) is 37.5 Å². The van der Waals surface area contributed by atoms with Crippen LogP contribution in [-0.2, 0) is 31.8 Å². The van der Waals surface area contributed by atoms with Crippen molar-refractivity contribution in [2.24, 2.45) is 16.2 Å². The summed E-state index contributed by atoms with van der Waals surface area (Å²) >= 11 is 0. The fraction of sp³-hybridized carbons (Fsp3) is 0.490. The second-order valence-electron chi connectivity index (χ2n) is 19.9. The summed E-state index contributed by atoms with van der Waals surface area (Å²) in [7, 11) is 0. The highest BCUT2D eigenvalue weighted by Gasteiger charge is 2.64. The first kappa shape index (κ1) is 51.9. The van der Waals surface area contributed by atoms with E-state index in [-0.39, 0.29) is 50.4 Å². The summed E-state index contributed by atoms with van der Waals surface area (Å²) in [6.45, 7) is 15.2. The molecule has 69 heavy (non-hydrogen) atoms. The van der Waals surface area contributed by atoms with Crippen molar-refractivity contribution in [2.45, 2.75) is 118 Å². The highest BCUT2D eigenvalue weighted by Crippen LogP contribution is 2.56. The van der Waals surface area contributed by atoms with Crippen LogP contribution in [0.1, 0.15) is 100 Å². The van der Waals surface area contributed by atoms with Crippen molar-refractivity contribution >= 4 is 23.6 Å². The number of oxazole rings is 1. The van der Waals surface area contributed by atoms with Crippen molar-refractivity contribution in [1.29, 1.82) is 5.26 Å². The Morgan fingerprint density at radius 3 is 2.22 bits per heavy atom. The summed E-state index contributed by atoms with van der Waals surface area (Å²) in [6, 6.07) is 16.6. The van der Waals surface area contributed by atoms with E-state index in [0.717, 1.165) is 29.0 Å². The van der Waals surface area contributed by atoms with Crippen LogP contribution in [0.25, 0.3) is 11.3 Å². The van der Waals surface area contributed by atoms with Gasteiger partial charge in [0.05, 0.1) is 35.6 Å². The number of unbranched alkanes of at least 4 members (excludes halogenated alkanes) is 1. The van der Waals surface area contributed by atoms with E-state index in [1.54, 1.807) is 51.1 Å². The van der Waals surface area contributed by atoms with Crippen LogP contribution in [0.4, 0.5) is 13.2 Å². The van der Waals surface area contributed by atoms with Crippen LogP contribution < -0.4 is 25.4 Å². The number of benzene rings is 3. The molecule has 1 saturated heterocycles. The molecule has 370 valence electrons. The summed E-state index contributed by atoms with van der Waals surface area (Å²) < 4.78 is 63.8. The van der Waals surface area contributed by atoms with Gasteiger partial charge in [0.2, 0.25) is 17.7 Å². The molecular formula is C51H61F3N6O9. The van der Waals surface area contributed by atoms with E-state index in [4.69, 9.17) is 23.9 Å². The Balaban J connectivity index is 0.903. The van der Waals surface area contributed by atoms with Gasteiger partial charge >= 0.3 is 6.18 Å². The lowest BCUT2D eigenvalue weighted by Gasteiger charge is -2.63. The minimum absolute atomic E-state index is 0.0156. The Kier molecular flexibility index (Phi) is 15.8. The van der Waals surface area contributed by atoms with Gasteiger partial charge in [0.25, 0.3) is 5.91 Å². The molecule has 2 fully saturated rings. The van der Waals surface area contributed by atoms with Crippen LogP contribution in [0.5, 0.6) is 11.5 Å². The van der Waals surface area contributed by atoms with Crippen molar-refractivity contribution in [3.8, 4) is 28.9 Å². The predicted octanol–water partition coefficient (Wildman–Crippen LogP) is 7.14. The highest BCUT2D eigenvalue weighted by molar-refractivity contribution is 5.95. The molecule has 4 N–H and O–H groups in total.